The molecular formula is C40H68N4O7. The number of likely N-dealkylation sites (tertiary alicyclic amines) is 1. The molecule has 0 bridgehead atoms. The van der Waals surface area contributed by atoms with Crippen LogP contribution in [0.1, 0.15) is 99.2 Å². The minimum atomic E-state index is -0.871. The van der Waals surface area contributed by atoms with E-state index in [-0.39, 0.29) is 66.2 Å². The smallest absolute Gasteiger partial charge is 0.226 e. The molecule has 0 saturated carbocycles. The molecule has 10 atom stereocenters. The number of carbonyl (C=O) groups excluding carboxylic acids is 4. The lowest BCUT2D eigenvalue weighted by Gasteiger charge is -2.41. The van der Waals surface area contributed by atoms with E-state index in [4.69, 9.17) is 9.47 Å². The second kappa shape index (κ2) is 21.0. The van der Waals surface area contributed by atoms with Crippen molar-refractivity contribution in [2.75, 3.05) is 34.9 Å². The quantitative estimate of drug-likeness (QED) is 0.168. The van der Waals surface area contributed by atoms with Gasteiger partial charge in [-0.3, -0.25) is 19.2 Å². The van der Waals surface area contributed by atoms with Gasteiger partial charge in [0, 0.05) is 40.2 Å². The van der Waals surface area contributed by atoms with Crippen LogP contribution in [0.2, 0.25) is 0 Å². The summed E-state index contributed by atoms with van der Waals surface area (Å²) in [5.74, 6) is -1.54. The average molecular weight is 717 g/mol. The maximum Gasteiger partial charge on any atom is 0.226 e. The topological polar surface area (TPSA) is 138 Å². The van der Waals surface area contributed by atoms with Crippen molar-refractivity contribution in [3.63, 3.8) is 0 Å². The molecule has 0 aliphatic carbocycles. The van der Waals surface area contributed by atoms with Gasteiger partial charge in [-0.1, -0.05) is 85.2 Å². The molecule has 0 aromatic heterocycles. The number of carbonyl (C=O) groups is 4. The predicted octanol–water partition coefficient (Wildman–Crippen LogP) is 4.62. The summed E-state index contributed by atoms with van der Waals surface area (Å²) in [6.45, 7) is 16.1. The Labute approximate surface area is 307 Å². The SMILES string of the molecule is CC[C@H](C)[C@@H]([C@@H](CC(=O)N1CCC[C@H]1[C@H](OC)[C@@H](C)C(=O)N[C@H](C)C(O)c1ccccc1)OC)N(C)C(=O)[C@@H](CC(=O)[C@@H](NC)C(C)C)C(C)C. The molecule has 1 unspecified atom stereocenters. The lowest BCUT2D eigenvalue weighted by atomic mass is 9.84. The molecule has 0 spiro atoms. The van der Waals surface area contributed by atoms with Crippen molar-refractivity contribution in [2.24, 2.45) is 29.6 Å². The Kier molecular flexibility index (Phi) is 18.2. The average Bonchev–Trinajstić information content (AvgIpc) is 3.59. The van der Waals surface area contributed by atoms with Crippen LogP contribution in [0.3, 0.4) is 0 Å². The fourth-order valence-corrected chi connectivity index (χ4v) is 7.76. The lowest BCUT2D eigenvalue weighted by Crippen LogP contribution is -2.54. The van der Waals surface area contributed by atoms with Gasteiger partial charge in [-0.05, 0) is 50.1 Å². The maximum atomic E-state index is 14.2. The Morgan fingerprint density at radius 3 is 2.10 bits per heavy atom. The van der Waals surface area contributed by atoms with Crippen molar-refractivity contribution in [1.29, 1.82) is 0 Å². The molecule has 3 amide bonds. The van der Waals surface area contributed by atoms with Crippen LogP contribution in [0.25, 0.3) is 0 Å². The van der Waals surface area contributed by atoms with Gasteiger partial charge in [0.2, 0.25) is 17.7 Å². The summed E-state index contributed by atoms with van der Waals surface area (Å²) in [6.07, 6.45) is 0.381. The predicted molar refractivity (Wildman–Crippen MR) is 201 cm³/mol. The van der Waals surface area contributed by atoms with Gasteiger partial charge in [0.15, 0.2) is 5.78 Å². The monoisotopic (exact) mass is 717 g/mol. The van der Waals surface area contributed by atoms with Gasteiger partial charge in [0.1, 0.15) is 0 Å². The molecule has 1 saturated heterocycles. The number of amides is 3. The first-order valence-electron chi connectivity index (χ1n) is 18.9. The summed E-state index contributed by atoms with van der Waals surface area (Å²) in [6, 6.07) is 7.61. The van der Waals surface area contributed by atoms with Gasteiger partial charge in [0.25, 0.3) is 0 Å². The molecule has 11 heteroatoms. The van der Waals surface area contributed by atoms with Gasteiger partial charge in [0.05, 0.1) is 54.8 Å². The summed E-state index contributed by atoms with van der Waals surface area (Å²) in [4.78, 5) is 58.6. The molecule has 1 aliphatic rings. The Morgan fingerprint density at radius 1 is 0.961 bits per heavy atom. The Balaban J connectivity index is 2.24. The van der Waals surface area contributed by atoms with E-state index < -0.39 is 42.2 Å². The van der Waals surface area contributed by atoms with E-state index in [0.29, 0.717) is 18.5 Å². The Bertz CT molecular complexity index is 1240. The van der Waals surface area contributed by atoms with Crippen molar-refractivity contribution in [2.45, 2.75) is 130 Å². The number of methoxy groups -OCH3 is 2. The number of ketones is 1. The third-order valence-corrected chi connectivity index (χ3v) is 11.1. The number of hydrogen-bond acceptors (Lipinski definition) is 8. The molecule has 1 aromatic rings. The van der Waals surface area contributed by atoms with Gasteiger partial charge in [-0.2, -0.15) is 0 Å². The maximum absolute atomic E-state index is 14.2. The second-order valence-electron chi connectivity index (χ2n) is 15.3. The Morgan fingerprint density at radius 2 is 1.59 bits per heavy atom. The van der Waals surface area contributed by atoms with Gasteiger partial charge >= 0.3 is 0 Å². The van der Waals surface area contributed by atoms with Crippen LogP contribution in [0.4, 0.5) is 0 Å². The van der Waals surface area contributed by atoms with Crippen LogP contribution >= 0.6 is 0 Å². The normalized spacial score (nSPS) is 20.2. The zero-order valence-electron chi connectivity index (χ0n) is 33.3. The molecule has 3 N–H and O–H groups in total. The van der Waals surface area contributed by atoms with Crippen molar-refractivity contribution in [3.8, 4) is 0 Å². The molecule has 1 fully saturated rings. The summed E-state index contributed by atoms with van der Waals surface area (Å²) < 4.78 is 11.9. The molecule has 1 aliphatic heterocycles. The molecule has 51 heavy (non-hydrogen) atoms. The summed E-state index contributed by atoms with van der Waals surface area (Å²) >= 11 is 0. The highest BCUT2D eigenvalue weighted by molar-refractivity contribution is 5.90. The van der Waals surface area contributed by atoms with Crippen LogP contribution in [-0.4, -0.2) is 110 Å². The highest BCUT2D eigenvalue weighted by Gasteiger charge is 2.43. The van der Waals surface area contributed by atoms with Crippen LogP contribution in [0.15, 0.2) is 30.3 Å². The number of hydrogen-bond donors (Lipinski definition) is 3. The van der Waals surface area contributed by atoms with E-state index in [1.807, 2.05) is 58.0 Å². The van der Waals surface area contributed by atoms with Crippen LogP contribution in [0, 0.1) is 29.6 Å². The van der Waals surface area contributed by atoms with Crippen LogP contribution in [-0.2, 0) is 28.7 Å². The fourth-order valence-electron chi connectivity index (χ4n) is 7.76. The molecule has 11 nitrogen and oxygen atoms in total. The third kappa shape index (κ3) is 11.6. The molecule has 1 aromatic carbocycles. The zero-order valence-corrected chi connectivity index (χ0v) is 33.3. The third-order valence-electron chi connectivity index (χ3n) is 11.1. The van der Waals surface area contributed by atoms with Crippen molar-refractivity contribution in [1.82, 2.24) is 20.4 Å². The van der Waals surface area contributed by atoms with E-state index in [9.17, 15) is 24.3 Å². The highest BCUT2D eigenvalue weighted by atomic mass is 16.5. The second-order valence-corrected chi connectivity index (χ2v) is 15.3. The van der Waals surface area contributed by atoms with E-state index in [1.165, 1.54) is 0 Å². The number of nitrogens with zero attached hydrogens (tertiary/aromatic N) is 2. The largest absolute Gasteiger partial charge is 0.386 e. The molecule has 0 radical (unpaired) electrons. The molecule has 2 rings (SSSR count). The number of aliphatic hydroxyl groups is 1. The Hall–Kier alpha value is -2.86. The zero-order chi connectivity index (χ0) is 38.6. The summed E-state index contributed by atoms with van der Waals surface area (Å²) in [7, 11) is 6.68. The number of aliphatic hydroxyl groups excluding tert-OH is 1. The first kappa shape index (κ1) is 44.3. The number of nitrogens with one attached hydrogen (secondary N) is 2. The minimum Gasteiger partial charge on any atom is -0.386 e. The van der Waals surface area contributed by atoms with Crippen molar-refractivity contribution in [3.05, 3.63) is 35.9 Å². The minimum absolute atomic E-state index is 0.0129. The molecule has 1 heterocycles. The first-order chi connectivity index (χ1) is 24.0. The first-order valence-corrected chi connectivity index (χ1v) is 18.9. The number of rotatable bonds is 21. The standard InChI is InChI=1S/C40H68N4O7/c1-13-26(6)36(43(10)40(49)30(24(2)3)22-32(45)35(41-9)25(4)5)33(50-11)23-34(46)44-21-17-20-31(44)38(51-12)27(7)39(48)42-28(8)37(47)29-18-15-14-16-19-29/h14-16,18-19,24-28,30-31,33,35-38,41,47H,13,17,20-23H2,1-12H3,(H,42,48)/t26-,27+,28+,30-,31-,33+,35-,36-,37?,38+/m0/s1. The van der Waals surface area contributed by atoms with Crippen molar-refractivity contribution >= 4 is 23.5 Å². The van der Waals surface area contributed by atoms with Gasteiger partial charge in [-0.15, -0.1) is 0 Å². The highest BCUT2D eigenvalue weighted by Crippen LogP contribution is 2.31. The lowest BCUT2D eigenvalue weighted by molar-refractivity contribution is -0.149. The van der Waals surface area contributed by atoms with Crippen molar-refractivity contribution < 1.29 is 33.8 Å². The summed E-state index contributed by atoms with van der Waals surface area (Å²) in [5.41, 5.74) is 0.714. The van der Waals surface area contributed by atoms with E-state index in [2.05, 4.69) is 24.5 Å². The van der Waals surface area contributed by atoms with Gasteiger partial charge in [-0.25, -0.2) is 0 Å². The fraction of sp³-hybridized carbons (Fsp3) is 0.750. The molecular weight excluding hydrogens is 648 g/mol. The van der Waals surface area contributed by atoms with E-state index in [0.717, 1.165) is 12.8 Å². The van der Waals surface area contributed by atoms with E-state index >= 15 is 0 Å². The van der Waals surface area contributed by atoms with Gasteiger partial charge < -0.3 is 35.0 Å². The van der Waals surface area contributed by atoms with Crippen LogP contribution < -0.4 is 10.6 Å². The van der Waals surface area contributed by atoms with E-state index in [1.54, 1.807) is 52.0 Å². The summed E-state index contributed by atoms with van der Waals surface area (Å²) in [5, 5.41) is 16.9. The molecule has 290 valence electrons. The number of benzene rings is 1. The number of Topliss-reactive ketones (excluding diaryl/α,β-unsaturated/α-hetero) is 1. The number of ether oxygens (including phenoxy) is 2. The number of likely N-dealkylation sites (N-methyl/N-ethyl adjacent to an activating group) is 2. The van der Waals surface area contributed by atoms with Crippen LogP contribution in [0.5, 0.6) is 0 Å².